The van der Waals surface area contributed by atoms with Gasteiger partial charge in [-0.15, -0.1) is 22.7 Å². The van der Waals surface area contributed by atoms with Gasteiger partial charge in [-0.3, -0.25) is 0 Å². The van der Waals surface area contributed by atoms with Crippen LogP contribution in [0.25, 0.3) is 10.2 Å². The molecule has 0 radical (unpaired) electrons. The van der Waals surface area contributed by atoms with Gasteiger partial charge in [-0.1, -0.05) is 29.5 Å². The van der Waals surface area contributed by atoms with E-state index in [1.165, 1.54) is 4.88 Å². The molecule has 0 saturated heterocycles. The average Bonchev–Trinajstić information content (AvgIpc) is 3.12. The van der Waals surface area contributed by atoms with E-state index in [0.717, 1.165) is 28.0 Å². The molecule has 0 spiro atoms. The van der Waals surface area contributed by atoms with Gasteiger partial charge in [0.05, 0.1) is 16.0 Å². The van der Waals surface area contributed by atoms with Gasteiger partial charge in [0.25, 0.3) is 0 Å². The predicted molar refractivity (Wildman–Crippen MR) is 90.2 cm³/mol. The topological polar surface area (TPSA) is 45.1 Å². The Bertz CT molecular complexity index is 815. The molecule has 0 bridgehead atoms. The number of hydrogen-bond acceptors (Lipinski definition) is 5. The maximum absolute atomic E-state index is 8.81. The molecule has 0 aliphatic heterocycles. The van der Waals surface area contributed by atoms with E-state index in [1.54, 1.807) is 22.7 Å². The summed E-state index contributed by atoms with van der Waals surface area (Å²) < 4.78 is 1.03. The standard InChI is InChI=1S/C15H11ClN2OS2/c16-13-7-12(17-8-11-4-2-6-20-11)15-14(18-13)10(9-21-15)3-1-5-19/h2,4,6-7,9,19H,5,8H2,(H,17,18). The van der Waals surface area contributed by atoms with Crippen LogP contribution in [0.5, 0.6) is 0 Å². The van der Waals surface area contributed by atoms with Crippen molar-refractivity contribution in [3.8, 4) is 11.8 Å². The maximum atomic E-state index is 8.81. The fraction of sp³-hybridized carbons (Fsp3) is 0.133. The number of fused-ring (bicyclic) bond motifs is 1. The number of hydrogen-bond donors (Lipinski definition) is 2. The molecular weight excluding hydrogens is 324 g/mol. The third-order valence-corrected chi connectivity index (χ3v) is 4.90. The number of thiophene rings is 2. The van der Waals surface area contributed by atoms with Gasteiger partial charge in [-0.25, -0.2) is 4.98 Å². The molecule has 0 aliphatic rings. The Morgan fingerprint density at radius 1 is 1.38 bits per heavy atom. The van der Waals surface area contributed by atoms with Crippen LogP contribution in [0, 0.1) is 11.8 Å². The number of aliphatic hydroxyl groups is 1. The molecule has 0 saturated carbocycles. The van der Waals surface area contributed by atoms with Crippen LogP contribution >= 0.6 is 34.3 Å². The fourth-order valence-corrected chi connectivity index (χ4v) is 3.70. The molecule has 2 N–H and O–H groups in total. The summed E-state index contributed by atoms with van der Waals surface area (Å²) in [5.74, 6) is 5.55. The molecule has 0 atom stereocenters. The van der Waals surface area contributed by atoms with Crippen molar-refractivity contribution in [2.24, 2.45) is 0 Å². The first-order chi connectivity index (χ1) is 10.3. The molecule has 0 aliphatic carbocycles. The minimum absolute atomic E-state index is 0.165. The first-order valence-corrected chi connectivity index (χ1v) is 8.35. The van der Waals surface area contributed by atoms with Crippen LogP contribution in [-0.4, -0.2) is 16.7 Å². The maximum Gasteiger partial charge on any atom is 0.131 e. The summed E-state index contributed by atoms with van der Waals surface area (Å²) in [5.41, 5.74) is 2.54. The molecule has 3 aromatic heterocycles. The van der Waals surface area contributed by atoms with E-state index in [2.05, 4.69) is 33.6 Å². The molecule has 3 heterocycles. The van der Waals surface area contributed by atoms with Gasteiger partial charge in [0.15, 0.2) is 0 Å². The number of aliphatic hydroxyl groups excluding tert-OH is 1. The lowest BCUT2D eigenvalue weighted by molar-refractivity contribution is 0.350. The van der Waals surface area contributed by atoms with Crippen LogP contribution in [0.3, 0.4) is 0 Å². The lowest BCUT2D eigenvalue weighted by Gasteiger charge is -2.06. The van der Waals surface area contributed by atoms with Gasteiger partial charge >= 0.3 is 0 Å². The van der Waals surface area contributed by atoms with Crippen LogP contribution in [0.4, 0.5) is 5.69 Å². The number of nitrogens with one attached hydrogen (secondary N) is 1. The van der Waals surface area contributed by atoms with Crippen molar-refractivity contribution in [1.29, 1.82) is 0 Å². The van der Waals surface area contributed by atoms with Crippen molar-refractivity contribution in [3.05, 3.63) is 44.6 Å². The summed E-state index contributed by atoms with van der Waals surface area (Å²) in [6.07, 6.45) is 0. The van der Waals surface area contributed by atoms with Crippen LogP contribution in [0.1, 0.15) is 10.4 Å². The monoisotopic (exact) mass is 334 g/mol. The van der Waals surface area contributed by atoms with E-state index in [4.69, 9.17) is 16.7 Å². The second-order valence-corrected chi connectivity index (χ2v) is 6.51. The van der Waals surface area contributed by atoms with Gasteiger partial charge in [0, 0.05) is 22.9 Å². The van der Waals surface area contributed by atoms with E-state index >= 15 is 0 Å². The van der Waals surface area contributed by atoms with Crippen LogP contribution in [0.15, 0.2) is 29.0 Å². The van der Waals surface area contributed by atoms with E-state index in [-0.39, 0.29) is 6.61 Å². The minimum atomic E-state index is -0.165. The first-order valence-electron chi connectivity index (χ1n) is 6.21. The first kappa shape index (κ1) is 14.4. The lowest BCUT2D eigenvalue weighted by Crippen LogP contribution is -1.98. The van der Waals surface area contributed by atoms with Crippen molar-refractivity contribution < 1.29 is 5.11 Å². The number of aromatic nitrogens is 1. The van der Waals surface area contributed by atoms with Gasteiger partial charge in [-0.2, -0.15) is 0 Å². The number of nitrogens with zero attached hydrogens (tertiary/aromatic N) is 1. The number of pyridine rings is 1. The Hall–Kier alpha value is -1.58. The molecule has 0 amide bonds. The number of rotatable bonds is 3. The second-order valence-electron chi connectivity index (χ2n) is 4.21. The van der Waals surface area contributed by atoms with Gasteiger partial charge < -0.3 is 10.4 Å². The highest BCUT2D eigenvalue weighted by molar-refractivity contribution is 7.18. The van der Waals surface area contributed by atoms with E-state index in [0.29, 0.717) is 5.15 Å². The predicted octanol–water partition coefficient (Wildman–Crippen LogP) is 3.97. The molecule has 6 heteroatoms. The van der Waals surface area contributed by atoms with Crippen LogP contribution in [-0.2, 0) is 6.54 Å². The zero-order valence-electron chi connectivity index (χ0n) is 10.9. The molecule has 3 aromatic rings. The van der Waals surface area contributed by atoms with Gasteiger partial charge in [-0.05, 0) is 11.4 Å². The van der Waals surface area contributed by atoms with Crippen molar-refractivity contribution in [1.82, 2.24) is 4.98 Å². The summed E-state index contributed by atoms with van der Waals surface area (Å²) in [6, 6.07) is 5.95. The van der Waals surface area contributed by atoms with Gasteiger partial charge in [0.1, 0.15) is 17.3 Å². The molecule has 21 heavy (non-hydrogen) atoms. The summed E-state index contributed by atoms with van der Waals surface area (Å²) in [7, 11) is 0. The third-order valence-electron chi connectivity index (χ3n) is 2.83. The van der Waals surface area contributed by atoms with Crippen molar-refractivity contribution in [2.45, 2.75) is 6.54 Å². The zero-order valence-corrected chi connectivity index (χ0v) is 13.3. The Balaban J connectivity index is 1.96. The van der Waals surface area contributed by atoms with Crippen molar-refractivity contribution in [3.63, 3.8) is 0 Å². The Morgan fingerprint density at radius 3 is 3.05 bits per heavy atom. The molecule has 3 nitrogen and oxygen atoms in total. The summed E-state index contributed by atoms with van der Waals surface area (Å²) in [6.45, 7) is 0.587. The SMILES string of the molecule is OCC#Cc1csc2c(NCc3cccs3)cc(Cl)nc12. The molecule has 0 unspecified atom stereocenters. The largest absolute Gasteiger partial charge is 0.384 e. The van der Waals surface area contributed by atoms with Crippen molar-refractivity contribution in [2.75, 3.05) is 11.9 Å². The van der Waals surface area contributed by atoms with E-state index < -0.39 is 0 Å². The number of halogens is 1. The van der Waals surface area contributed by atoms with E-state index in [1.807, 2.05) is 17.5 Å². The quantitative estimate of drug-likeness (QED) is 0.563. The molecular formula is C15H11ClN2OS2. The zero-order chi connectivity index (χ0) is 14.7. The summed E-state index contributed by atoms with van der Waals surface area (Å²) in [5, 5.41) is 16.6. The number of anilines is 1. The Kier molecular flexibility index (Phi) is 4.42. The third kappa shape index (κ3) is 3.20. The molecule has 0 fully saturated rings. The normalized spacial score (nSPS) is 10.4. The second kappa shape index (κ2) is 6.46. The molecule has 3 rings (SSSR count). The average molecular weight is 335 g/mol. The molecule has 106 valence electrons. The van der Waals surface area contributed by atoms with E-state index in [9.17, 15) is 0 Å². The Labute approximate surface area is 135 Å². The highest BCUT2D eigenvalue weighted by atomic mass is 35.5. The highest BCUT2D eigenvalue weighted by Crippen LogP contribution is 2.33. The highest BCUT2D eigenvalue weighted by Gasteiger charge is 2.10. The fourth-order valence-electron chi connectivity index (χ4n) is 1.93. The lowest BCUT2D eigenvalue weighted by atomic mass is 10.2. The Morgan fingerprint density at radius 2 is 2.29 bits per heavy atom. The molecule has 0 aromatic carbocycles. The smallest absolute Gasteiger partial charge is 0.131 e. The minimum Gasteiger partial charge on any atom is -0.384 e. The van der Waals surface area contributed by atoms with Crippen LogP contribution in [0.2, 0.25) is 5.15 Å². The van der Waals surface area contributed by atoms with Crippen molar-refractivity contribution >= 4 is 50.2 Å². The van der Waals surface area contributed by atoms with Gasteiger partial charge in [0.2, 0.25) is 0 Å². The summed E-state index contributed by atoms with van der Waals surface area (Å²) in [4.78, 5) is 5.61. The van der Waals surface area contributed by atoms with Crippen LogP contribution < -0.4 is 5.32 Å². The summed E-state index contributed by atoms with van der Waals surface area (Å²) >= 11 is 9.39.